The van der Waals surface area contributed by atoms with Gasteiger partial charge < -0.3 is 0 Å². The van der Waals surface area contributed by atoms with Crippen molar-refractivity contribution in [2.45, 2.75) is 80.1 Å². The van der Waals surface area contributed by atoms with Crippen LogP contribution in [0.2, 0.25) is 0 Å². The molecule has 0 N–H and O–H groups in total. The standard InChI is InChI=1S/C11H10F6O2S.C11H10F6OS.CH4/c1-6(2)7-3-8(10(12,13)14)5-9(4-7)20(18,19)11(15,16)17;1-6(2)7-3-8(10(12,13)14)5-9(4-7)19(18)11(15,16)17;/h3-6H,1-2H3;3-6H,1-2H3;1H4. The van der Waals surface area contributed by atoms with Gasteiger partial charge in [0.2, 0.25) is 0 Å². The lowest BCUT2D eigenvalue weighted by Gasteiger charge is -2.15. The SMILES string of the molecule is C.CC(C)c1cc(C(F)(F)F)cc(S(=O)(=O)C(F)(F)F)c1.CC(C)c1cc(S(=O)C(F)(F)F)cc(C(F)(F)F)c1. The van der Waals surface area contributed by atoms with Crippen molar-refractivity contribution in [2.24, 2.45) is 0 Å². The van der Waals surface area contributed by atoms with Gasteiger partial charge in [0, 0.05) is 4.90 Å². The third-order valence-electron chi connectivity index (χ3n) is 4.89. The highest BCUT2D eigenvalue weighted by Gasteiger charge is 2.48. The Morgan fingerprint density at radius 3 is 1.32 bits per heavy atom. The zero-order chi connectivity index (χ0) is 30.9. The van der Waals surface area contributed by atoms with Crippen LogP contribution in [0.15, 0.2) is 46.2 Å². The van der Waals surface area contributed by atoms with Gasteiger partial charge in [0.05, 0.1) is 16.0 Å². The average Bonchev–Trinajstić information content (AvgIpc) is 2.75. The van der Waals surface area contributed by atoms with E-state index in [0.717, 1.165) is 12.1 Å². The maximum Gasteiger partial charge on any atom is 0.501 e. The number of hydrogen-bond donors (Lipinski definition) is 0. The summed E-state index contributed by atoms with van der Waals surface area (Å²) in [6, 6.07) is 3.18. The van der Waals surface area contributed by atoms with Gasteiger partial charge in [0.25, 0.3) is 9.84 Å². The van der Waals surface area contributed by atoms with Gasteiger partial charge in [-0.1, -0.05) is 35.1 Å². The molecule has 3 nitrogen and oxygen atoms in total. The highest BCUT2D eigenvalue weighted by Crippen LogP contribution is 2.38. The summed E-state index contributed by atoms with van der Waals surface area (Å²) in [4.78, 5) is -2.28. The van der Waals surface area contributed by atoms with Crippen molar-refractivity contribution in [3.8, 4) is 0 Å². The summed E-state index contributed by atoms with van der Waals surface area (Å²) < 4.78 is 183. The maximum atomic E-state index is 12.6. The first kappa shape index (κ1) is 37.7. The van der Waals surface area contributed by atoms with Gasteiger partial charge >= 0.3 is 23.4 Å². The molecule has 2 rings (SSSR count). The molecule has 0 spiro atoms. The van der Waals surface area contributed by atoms with Gasteiger partial charge in [0.1, 0.15) is 0 Å². The molecule has 0 saturated carbocycles. The van der Waals surface area contributed by atoms with E-state index in [9.17, 15) is 65.3 Å². The van der Waals surface area contributed by atoms with Crippen LogP contribution in [0, 0.1) is 0 Å². The average molecular weight is 641 g/mol. The van der Waals surface area contributed by atoms with Gasteiger partial charge in [-0.05, 0) is 59.4 Å². The van der Waals surface area contributed by atoms with Crippen LogP contribution < -0.4 is 0 Å². The molecular formula is C23H24F12O3S2. The first-order valence-corrected chi connectivity index (χ1v) is 13.1. The zero-order valence-electron chi connectivity index (χ0n) is 20.2. The second kappa shape index (κ2) is 12.7. The lowest BCUT2D eigenvalue weighted by atomic mass is 10.0. The second-order valence-electron chi connectivity index (χ2n) is 8.55. The van der Waals surface area contributed by atoms with E-state index in [2.05, 4.69) is 0 Å². The summed E-state index contributed by atoms with van der Waals surface area (Å²) in [6.45, 7) is 5.96. The molecule has 0 fully saturated rings. The number of sulfone groups is 1. The van der Waals surface area contributed by atoms with Crippen LogP contribution in [0.5, 0.6) is 0 Å². The van der Waals surface area contributed by atoms with Crippen LogP contribution in [0.1, 0.15) is 69.2 Å². The van der Waals surface area contributed by atoms with E-state index >= 15 is 0 Å². The van der Waals surface area contributed by atoms with E-state index in [4.69, 9.17) is 0 Å². The quantitative estimate of drug-likeness (QED) is 0.313. The highest BCUT2D eigenvalue weighted by molar-refractivity contribution is 7.92. The highest BCUT2D eigenvalue weighted by atomic mass is 32.2. The topological polar surface area (TPSA) is 51.2 Å². The fraction of sp³-hybridized carbons (Fsp3) is 0.478. The zero-order valence-corrected chi connectivity index (χ0v) is 21.8. The predicted molar refractivity (Wildman–Crippen MR) is 124 cm³/mol. The van der Waals surface area contributed by atoms with Crippen molar-refractivity contribution in [2.75, 3.05) is 0 Å². The minimum absolute atomic E-state index is 0. The molecule has 17 heteroatoms. The lowest BCUT2D eigenvalue weighted by molar-refractivity contribution is -0.138. The number of hydrogen-bond acceptors (Lipinski definition) is 3. The molecule has 0 saturated heterocycles. The van der Waals surface area contributed by atoms with Gasteiger partial charge in [-0.15, -0.1) is 0 Å². The van der Waals surface area contributed by atoms with Crippen LogP contribution in [0.4, 0.5) is 52.7 Å². The van der Waals surface area contributed by atoms with E-state index in [1.54, 1.807) is 0 Å². The molecule has 230 valence electrons. The lowest BCUT2D eigenvalue weighted by Crippen LogP contribution is -2.24. The van der Waals surface area contributed by atoms with Crippen LogP contribution >= 0.6 is 0 Å². The number of halogens is 12. The number of rotatable bonds is 4. The molecule has 2 aromatic rings. The largest absolute Gasteiger partial charge is 0.501 e. The smallest absolute Gasteiger partial charge is 0.245 e. The Balaban J connectivity index is 0.000000743. The Bertz CT molecular complexity index is 1290. The molecule has 40 heavy (non-hydrogen) atoms. The van der Waals surface area contributed by atoms with Crippen molar-refractivity contribution in [1.82, 2.24) is 0 Å². The van der Waals surface area contributed by atoms with Crippen LogP contribution in [-0.2, 0) is 33.0 Å². The summed E-state index contributed by atoms with van der Waals surface area (Å²) in [7, 11) is -9.29. The Kier molecular flexibility index (Phi) is 12.0. The summed E-state index contributed by atoms with van der Waals surface area (Å²) in [6.07, 6.45) is -9.71. The van der Waals surface area contributed by atoms with Crippen molar-refractivity contribution >= 4 is 20.6 Å². The van der Waals surface area contributed by atoms with Crippen LogP contribution in [0.25, 0.3) is 0 Å². The Morgan fingerprint density at radius 1 is 0.625 bits per heavy atom. The molecule has 0 bridgehead atoms. The van der Waals surface area contributed by atoms with Gasteiger partial charge in [0.15, 0.2) is 10.8 Å². The third kappa shape index (κ3) is 9.66. The number of benzene rings is 2. The predicted octanol–water partition coefficient (Wildman–Crippen LogP) is 9.21. The Hall–Kier alpha value is -2.30. The van der Waals surface area contributed by atoms with Crippen molar-refractivity contribution in [3.05, 3.63) is 58.7 Å². The number of alkyl halides is 12. The monoisotopic (exact) mass is 640 g/mol. The van der Waals surface area contributed by atoms with Crippen molar-refractivity contribution in [1.29, 1.82) is 0 Å². The van der Waals surface area contributed by atoms with Crippen LogP contribution in [0.3, 0.4) is 0 Å². The van der Waals surface area contributed by atoms with Gasteiger partial charge in [-0.2, -0.15) is 52.7 Å². The fourth-order valence-corrected chi connectivity index (χ4v) is 4.35. The minimum Gasteiger partial charge on any atom is -0.245 e. The molecule has 0 aliphatic carbocycles. The summed E-state index contributed by atoms with van der Waals surface area (Å²) in [5.41, 5.74) is -13.5. The molecular weight excluding hydrogens is 616 g/mol. The van der Waals surface area contributed by atoms with E-state index in [0.29, 0.717) is 12.1 Å². The minimum atomic E-state index is -5.82. The van der Waals surface area contributed by atoms with Crippen LogP contribution in [-0.4, -0.2) is 23.6 Å². The molecule has 1 atom stereocenters. The summed E-state index contributed by atoms with van der Waals surface area (Å²) >= 11 is 0. The molecule has 2 aromatic carbocycles. The van der Waals surface area contributed by atoms with E-state index in [1.807, 2.05) is 0 Å². The Morgan fingerprint density at radius 2 is 1.00 bits per heavy atom. The maximum absolute atomic E-state index is 12.6. The van der Waals surface area contributed by atoms with E-state index in [1.165, 1.54) is 27.7 Å². The molecule has 0 aromatic heterocycles. The Labute approximate surface area is 225 Å². The second-order valence-corrected chi connectivity index (χ2v) is 12.0. The molecule has 0 radical (unpaired) electrons. The molecule has 0 aliphatic heterocycles. The molecule has 0 amide bonds. The van der Waals surface area contributed by atoms with Crippen molar-refractivity contribution < 1.29 is 65.3 Å². The first-order chi connectivity index (χ1) is 17.2. The van der Waals surface area contributed by atoms with E-state index < -0.39 is 76.8 Å². The molecule has 0 heterocycles. The summed E-state index contributed by atoms with van der Waals surface area (Å²) in [5, 5.41) is 0. The van der Waals surface area contributed by atoms with Crippen molar-refractivity contribution in [3.63, 3.8) is 0 Å². The third-order valence-corrected chi connectivity index (χ3v) is 7.44. The molecule has 1 unspecified atom stereocenters. The summed E-state index contributed by atoms with van der Waals surface area (Å²) in [5.74, 6) is -0.967. The van der Waals surface area contributed by atoms with E-state index in [-0.39, 0.29) is 30.7 Å². The van der Waals surface area contributed by atoms with Gasteiger partial charge in [-0.25, -0.2) is 12.6 Å². The van der Waals surface area contributed by atoms with Gasteiger partial charge in [-0.3, -0.25) is 0 Å². The fourth-order valence-electron chi connectivity index (χ4n) is 2.77. The first-order valence-electron chi connectivity index (χ1n) is 10.4. The molecule has 0 aliphatic rings. The normalized spacial score (nSPS) is 13.9.